The maximum Gasteiger partial charge on any atom is 0.268 e. The molecule has 0 saturated heterocycles. The van der Waals surface area contributed by atoms with Gasteiger partial charge < -0.3 is 15.0 Å². The second-order valence-electron chi connectivity index (χ2n) is 5.16. The minimum atomic E-state index is -0.475. The molecule has 0 aliphatic rings. The molecule has 0 spiro atoms. The molecule has 1 aromatic carbocycles. The van der Waals surface area contributed by atoms with Crippen LogP contribution in [0.5, 0.6) is 0 Å². The number of amides is 1. The molecule has 0 radical (unpaired) electrons. The highest BCUT2D eigenvalue weighted by atomic mass is 16.3. The lowest BCUT2D eigenvalue weighted by molar-refractivity contribution is 0.0901. The zero-order valence-corrected chi connectivity index (χ0v) is 12.3. The van der Waals surface area contributed by atoms with Crippen molar-refractivity contribution < 1.29 is 9.90 Å². The molecule has 21 heavy (non-hydrogen) atoms. The fourth-order valence-electron chi connectivity index (χ4n) is 2.27. The molecule has 0 saturated carbocycles. The number of nitrogens with one attached hydrogen (secondary N) is 1. The van der Waals surface area contributed by atoms with Gasteiger partial charge in [0.05, 0.1) is 6.10 Å². The van der Waals surface area contributed by atoms with Crippen LogP contribution in [-0.2, 0) is 6.54 Å². The van der Waals surface area contributed by atoms with E-state index in [1.807, 2.05) is 54.1 Å². The molecule has 1 aromatic heterocycles. The quantitative estimate of drug-likeness (QED) is 0.821. The van der Waals surface area contributed by atoms with Crippen molar-refractivity contribution >= 4 is 5.91 Å². The highest BCUT2D eigenvalue weighted by Gasteiger charge is 2.12. The Bertz CT molecular complexity index is 563. The standard InChI is InChI=1S/C17H22N2O2/c1-2-7-15(20)12-18-17(21)16-10-6-11-19(16)13-14-8-4-3-5-9-14/h3-6,8-11,15,20H,2,7,12-13H2,1H3,(H,18,21). The van der Waals surface area contributed by atoms with Crippen LogP contribution in [0.3, 0.4) is 0 Å². The van der Waals surface area contributed by atoms with Crippen LogP contribution >= 0.6 is 0 Å². The van der Waals surface area contributed by atoms with Crippen molar-refractivity contribution in [1.29, 1.82) is 0 Å². The lowest BCUT2D eigenvalue weighted by atomic mass is 10.2. The van der Waals surface area contributed by atoms with Crippen LogP contribution in [0.4, 0.5) is 0 Å². The average Bonchev–Trinajstić information content (AvgIpc) is 2.94. The number of aliphatic hydroxyl groups is 1. The highest BCUT2D eigenvalue weighted by Crippen LogP contribution is 2.08. The lowest BCUT2D eigenvalue weighted by Gasteiger charge is -2.12. The van der Waals surface area contributed by atoms with Gasteiger partial charge in [-0.25, -0.2) is 0 Å². The number of carbonyl (C=O) groups excluding carboxylic acids is 1. The Balaban J connectivity index is 1.98. The molecule has 0 aliphatic carbocycles. The first-order chi connectivity index (χ1) is 10.2. The first-order valence-corrected chi connectivity index (χ1v) is 7.36. The van der Waals surface area contributed by atoms with Gasteiger partial charge in [0.15, 0.2) is 0 Å². The van der Waals surface area contributed by atoms with Crippen LogP contribution < -0.4 is 5.32 Å². The second kappa shape index (κ2) is 7.64. The summed E-state index contributed by atoms with van der Waals surface area (Å²) in [4.78, 5) is 12.2. The third-order valence-corrected chi connectivity index (χ3v) is 3.38. The van der Waals surface area contributed by atoms with Crippen molar-refractivity contribution in [2.45, 2.75) is 32.4 Å². The van der Waals surface area contributed by atoms with E-state index in [9.17, 15) is 9.90 Å². The molecule has 2 rings (SSSR count). The van der Waals surface area contributed by atoms with E-state index < -0.39 is 6.10 Å². The average molecular weight is 286 g/mol. The molecular formula is C17H22N2O2. The zero-order valence-electron chi connectivity index (χ0n) is 12.3. The normalized spacial score (nSPS) is 12.1. The summed E-state index contributed by atoms with van der Waals surface area (Å²) in [5.41, 5.74) is 1.76. The number of aliphatic hydroxyl groups excluding tert-OH is 1. The summed E-state index contributed by atoms with van der Waals surface area (Å²) in [7, 11) is 0. The molecule has 0 bridgehead atoms. The minimum Gasteiger partial charge on any atom is -0.391 e. The summed E-state index contributed by atoms with van der Waals surface area (Å²) in [6, 6.07) is 13.7. The van der Waals surface area contributed by atoms with Crippen molar-refractivity contribution in [3.8, 4) is 0 Å². The smallest absolute Gasteiger partial charge is 0.268 e. The summed E-state index contributed by atoms with van der Waals surface area (Å²) < 4.78 is 1.91. The largest absolute Gasteiger partial charge is 0.391 e. The fraction of sp³-hybridized carbons (Fsp3) is 0.353. The molecule has 4 nitrogen and oxygen atoms in total. The first kappa shape index (κ1) is 15.3. The van der Waals surface area contributed by atoms with E-state index in [0.29, 0.717) is 25.2 Å². The van der Waals surface area contributed by atoms with Crippen LogP contribution in [0, 0.1) is 0 Å². The second-order valence-corrected chi connectivity index (χ2v) is 5.16. The van der Waals surface area contributed by atoms with Crippen LogP contribution in [0.1, 0.15) is 35.8 Å². The summed E-state index contributed by atoms with van der Waals surface area (Å²) in [6.45, 7) is 2.97. The van der Waals surface area contributed by atoms with E-state index in [1.165, 1.54) is 0 Å². The van der Waals surface area contributed by atoms with E-state index >= 15 is 0 Å². The maximum absolute atomic E-state index is 12.2. The number of carbonyl (C=O) groups is 1. The molecule has 1 unspecified atom stereocenters. The Morgan fingerprint density at radius 3 is 2.71 bits per heavy atom. The molecule has 2 N–H and O–H groups in total. The van der Waals surface area contributed by atoms with Crippen LogP contribution in [0.15, 0.2) is 48.7 Å². The predicted octanol–water partition coefficient (Wildman–Crippen LogP) is 2.43. The van der Waals surface area contributed by atoms with Gasteiger partial charge in [-0.1, -0.05) is 43.7 Å². The fourth-order valence-corrected chi connectivity index (χ4v) is 2.27. The minimum absolute atomic E-state index is 0.147. The van der Waals surface area contributed by atoms with Crippen LogP contribution in [0.25, 0.3) is 0 Å². The molecule has 2 aromatic rings. The van der Waals surface area contributed by atoms with Crippen molar-refractivity contribution in [2.75, 3.05) is 6.54 Å². The van der Waals surface area contributed by atoms with E-state index in [-0.39, 0.29) is 5.91 Å². The summed E-state index contributed by atoms with van der Waals surface area (Å²) in [6.07, 6.45) is 3.02. The molecule has 1 heterocycles. The summed E-state index contributed by atoms with van der Waals surface area (Å²) >= 11 is 0. The van der Waals surface area contributed by atoms with E-state index in [1.54, 1.807) is 6.07 Å². The number of benzene rings is 1. The van der Waals surface area contributed by atoms with Gasteiger partial charge in [0.1, 0.15) is 5.69 Å². The zero-order chi connectivity index (χ0) is 15.1. The van der Waals surface area contributed by atoms with Gasteiger partial charge in [-0.05, 0) is 24.1 Å². The maximum atomic E-state index is 12.2. The molecule has 0 aliphatic heterocycles. The summed E-state index contributed by atoms with van der Waals surface area (Å²) in [5.74, 6) is -0.147. The molecular weight excluding hydrogens is 264 g/mol. The predicted molar refractivity (Wildman–Crippen MR) is 83.2 cm³/mol. The number of hydrogen-bond donors (Lipinski definition) is 2. The SMILES string of the molecule is CCCC(O)CNC(=O)c1cccn1Cc1ccccc1. The Hall–Kier alpha value is -2.07. The van der Waals surface area contributed by atoms with Gasteiger partial charge in [-0.3, -0.25) is 4.79 Å². The first-order valence-electron chi connectivity index (χ1n) is 7.36. The lowest BCUT2D eigenvalue weighted by Crippen LogP contribution is -2.33. The third-order valence-electron chi connectivity index (χ3n) is 3.38. The highest BCUT2D eigenvalue weighted by molar-refractivity contribution is 5.92. The van der Waals surface area contributed by atoms with E-state index in [4.69, 9.17) is 0 Å². The van der Waals surface area contributed by atoms with Crippen molar-refractivity contribution in [2.24, 2.45) is 0 Å². The van der Waals surface area contributed by atoms with Gasteiger partial charge in [0, 0.05) is 19.3 Å². The van der Waals surface area contributed by atoms with Gasteiger partial charge >= 0.3 is 0 Å². The van der Waals surface area contributed by atoms with Crippen LogP contribution in [-0.4, -0.2) is 28.2 Å². The number of nitrogens with zero attached hydrogens (tertiary/aromatic N) is 1. The molecule has 0 fully saturated rings. The summed E-state index contributed by atoms with van der Waals surface area (Å²) in [5, 5.41) is 12.5. The molecule has 1 amide bonds. The van der Waals surface area contributed by atoms with Crippen molar-refractivity contribution in [1.82, 2.24) is 9.88 Å². The Kier molecular flexibility index (Phi) is 5.58. The third kappa shape index (κ3) is 4.46. The van der Waals surface area contributed by atoms with E-state index in [2.05, 4.69) is 5.32 Å². The van der Waals surface area contributed by atoms with Gasteiger partial charge in [-0.15, -0.1) is 0 Å². The number of hydrogen-bond acceptors (Lipinski definition) is 2. The van der Waals surface area contributed by atoms with Crippen molar-refractivity contribution in [3.63, 3.8) is 0 Å². The Morgan fingerprint density at radius 1 is 1.24 bits per heavy atom. The Morgan fingerprint density at radius 2 is 2.00 bits per heavy atom. The molecule has 112 valence electrons. The molecule has 4 heteroatoms. The van der Waals surface area contributed by atoms with Gasteiger partial charge in [0.25, 0.3) is 5.91 Å². The van der Waals surface area contributed by atoms with Crippen LogP contribution in [0.2, 0.25) is 0 Å². The van der Waals surface area contributed by atoms with Crippen molar-refractivity contribution in [3.05, 3.63) is 59.9 Å². The van der Waals surface area contributed by atoms with Gasteiger partial charge in [-0.2, -0.15) is 0 Å². The van der Waals surface area contributed by atoms with Gasteiger partial charge in [0.2, 0.25) is 0 Å². The topological polar surface area (TPSA) is 54.3 Å². The Labute approximate surface area is 125 Å². The monoisotopic (exact) mass is 286 g/mol. The molecule has 1 atom stereocenters. The van der Waals surface area contributed by atoms with E-state index in [0.717, 1.165) is 12.0 Å². The number of aromatic nitrogens is 1. The number of rotatable bonds is 7.